The largest absolute Gasteiger partial charge is 0.347 e. The van der Waals surface area contributed by atoms with Crippen molar-refractivity contribution < 1.29 is 9.18 Å². The highest BCUT2D eigenvalue weighted by atomic mass is 79.9. The Morgan fingerprint density at radius 2 is 2.22 bits per heavy atom. The molecule has 1 aromatic heterocycles. The van der Waals surface area contributed by atoms with E-state index in [-0.39, 0.29) is 5.56 Å². The van der Waals surface area contributed by atoms with Crippen LogP contribution >= 0.6 is 39.9 Å². The number of carbonyl (C=O) groups excluding carboxylic acids is 1. The zero-order valence-corrected chi connectivity index (χ0v) is 12.4. The lowest BCUT2D eigenvalue weighted by Gasteiger charge is -2.06. The molecule has 0 saturated heterocycles. The topological polar surface area (TPSA) is 29.1 Å². The third-order valence-electron chi connectivity index (χ3n) is 2.30. The summed E-state index contributed by atoms with van der Waals surface area (Å²) in [5, 5.41) is 4.59. The summed E-state index contributed by atoms with van der Waals surface area (Å²) in [6.45, 7) is 0.368. The Hall–Kier alpha value is -0.850. The van der Waals surface area contributed by atoms with Gasteiger partial charge in [-0.25, -0.2) is 4.39 Å². The summed E-state index contributed by atoms with van der Waals surface area (Å²) in [7, 11) is 0. The van der Waals surface area contributed by atoms with Crippen LogP contribution in [0, 0.1) is 5.82 Å². The maximum absolute atomic E-state index is 13.5. The van der Waals surface area contributed by atoms with Gasteiger partial charge in [0.25, 0.3) is 5.91 Å². The molecular formula is C12H9BrFNOS2. The first-order chi connectivity index (χ1) is 8.58. The van der Waals surface area contributed by atoms with Crippen molar-refractivity contribution in [2.24, 2.45) is 0 Å². The molecule has 6 heteroatoms. The minimum Gasteiger partial charge on any atom is -0.347 e. The molecule has 2 rings (SSSR count). The molecule has 0 atom stereocenters. The van der Waals surface area contributed by atoms with E-state index in [0.717, 1.165) is 9.35 Å². The Bertz CT molecular complexity index is 585. The Kier molecular flexibility index (Phi) is 4.42. The zero-order chi connectivity index (χ0) is 13.1. The van der Waals surface area contributed by atoms with Gasteiger partial charge in [-0.3, -0.25) is 4.79 Å². The fourth-order valence-electron chi connectivity index (χ4n) is 1.39. The van der Waals surface area contributed by atoms with Crippen LogP contribution in [0.1, 0.15) is 15.2 Å². The second kappa shape index (κ2) is 5.86. The van der Waals surface area contributed by atoms with Gasteiger partial charge in [-0.2, -0.15) is 0 Å². The number of nitrogens with one attached hydrogen (secondary N) is 1. The highest BCUT2D eigenvalue weighted by Crippen LogP contribution is 2.22. The van der Waals surface area contributed by atoms with Crippen LogP contribution in [0.15, 0.2) is 39.0 Å². The summed E-state index contributed by atoms with van der Waals surface area (Å²) >= 11 is 8.98. The summed E-state index contributed by atoms with van der Waals surface area (Å²) < 4.78 is 14.4. The first kappa shape index (κ1) is 13.6. The lowest BCUT2D eigenvalue weighted by atomic mass is 10.2. The van der Waals surface area contributed by atoms with E-state index in [1.54, 1.807) is 0 Å². The van der Waals surface area contributed by atoms with Gasteiger partial charge >= 0.3 is 0 Å². The highest BCUT2D eigenvalue weighted by Gasteiger charge is 2.12. The Labute approximate surface area is 122 Å². The van der Waals surface area contributed by atoms with Crippen molar-refractivity contribution in [3.8, 4) is 0 Å². The SMILES string of the molecule is O=C(NCc1sccc1Br)c1cc(S)ccc1F. The smallest absolute Gasteiger partial charge is 0.254 e. The number of amides is 1. The van der Waals surface area contributed by atoms with Crippen LogP contribution in [-0.2, 0) is 6.54 Å². The second-order valence-corrected chi connectivity index (χ2v) is 5.91. The number of carbonyl (C=O) groups is 1. The molecule has 0 aliphatic heterocycles. The molecular weight excluding hydrogens is 337 g/mol. The van der Waals surface area contributed by atoms with Crippen LogP contribution in [-0.4, -0.2) is 5.91 Å². The molecule has 1 amide bonds. The van der Waals surface area contributed by atoms with Crippen molar-refractivity contribution in [3.05, 3.63) is 50.4 Å². The van der Waals surface area contributed by atoms with Crippen LogP contribution in [0.5, 0.6) is 0 Å². The molecule has 0 spiro atoms. The predicted molar refractivity (Wildman–Crippen MR) is 76.8 cm³/mol. The van der Waals surface area contributed by atoms with Gasteiger partial charge in [-0.1, -0.05) is 0 Å². The quantitative estimate of drug-likeness (QED) is 0.812. The van der Waals surface area contributed by atoms with Crippen molar-refractivity contribution in [1.29, 1.82) is 0 Å². The average molecular weight is 346 g/mol. The Balaban J connectivity index is 2.08. The van der Waals surface area contributed by atoms with E-state index >= 15 is 0 Å². The van der Waals surface area contributed by atoms with Crippen LogP contribution in [0.2, 0.25) is 0 Å². The summed E-state index contributed by atoms with van der Waals surface area (Å²) in [5.74, 6) is -0.987. The number of rotatable bonds is 3. The number of benzene rings is 1. The first-order valence-corrected chi connectivity index (χ1v) is 7.18. The number of hydrogen-bond acceptors (Lipinski definition) is 3. The Morgan fingerprint density at radius 3 is 2.89 bits per heavy atom. The number of halogens is 2. The molecule has 2 aromatic rings. The van der Waals surface area contributed by atoms with E-state index in [1.165, 1.54) is 29.5 Å². The maximum atomic E-state index is 13.5. The molecule has 0 unspecified atom stereocenters. The zero-order valence-electron chi connectivity index (χ0n) is 9.11. The summed E-state index contributed by atoms with van der Waals surface area (Å²) in [6.07, 6.45) is 0. The molecule has 0 aliphatic carbocycles. The molecule has 0 aliphatic rings. The third kappa shape index (κ3) is 3.13. The van der Waals surface area contributed by atoms with Gasteiger partial charge in [0.15, 0.2) is 0 Å². The molecule has 2 nitrogen and oxygen atoms in total. The molecule has 0 radical (unpaired) electrons. The normalized spacial score (nSPS) is 10.4. The minimum absolute atomic E-state index is 0.00942. The van der Waals surface area contributed by atoms with Crippen LogP contribution in [0.4, 0.5) is 4.39 Å². The molecule has 0 saturated carbocycles. The van der Waals surface area contributed by atoms with E-state index in [4.69, 9.17) is 0 Å². The highest BCUT2D eigenvalue weighted by molar-refractivity contribution is 9.10. The molecule has 0 fully saturated rings. The first-order valence-electron chi connectivity index (χ1n) is 5.06. The number of hydrogen-bond donors (Lipinski definition) is 2. The fraction of sp³-hybridized carbons (Fsp3) is 0.0833. The van der Waals surface area contributed by atoms with Crippen molar-refractivity contribution in [3.63, 3.8) is 0 Å². The molecule has 0 bridgehead atoms. The molecule has 94 valence electrons. The lowest BCUT2D eigenvalue weighted by Crippen LogP contribution is -2.23. The van der Waals surface area contributed by atoms with Gasteiger partial charge < -0.3 is 5.32 Å². The standard InChI is InChI=1S/C12H9BrFNOS2/c13-9-3-4-18-11(9)6-15-12(16)8-5-7(17)1-2-10(8)14/h1-5,17H,6H2,(H,15,16). The molecule has 18 heavy (non-hydrogen) atoms. The van der Waals surface area contributed by atoms with Crippen molar-refractivity contribution in [2.75, 3.05) is 0 Å². The van der Waals surface area contributed by atoms with Gasteiger partial charge in [0.05, 0.1) is 12.1 Å². The molecule has 1 aromatic carbocycles. The monoisotopic (exact) mass is 345 g/mol. The lowest BCUT2D eigenvalue weighted by molar-refractivity contribution is 0.0947. The number of thiophene rings is 1. The fourth-order valence-corrected chi connectivity index (χ4v) is 3.03. The molecule has 1 heterocycles. The van der Waals surface area contributed by atoms with Gasteiger partial charge in [-0.05, 0) is 45.6 Å². The van der Waals surface area contributed by atoms with E-state index in [0.29, 0.717) is 11.4 Å². The maximum Gasteiger partial charge on any atom is 0.254 e. The summed E-state index contributed by atoms with van der Waals surface area (Å²) in [6, 6.07) is 6.06. The number of thiol groups is 1. The minimum atomic E-state index is -0.546. The molecule has 1 N–H and O–H groups in total. The van der Waals surface area contributed by atoms with Crippen molar-refractivity contribution in [1.82, 2.24) is 5.32 Å². The van der Waals surface area contributed by atoms with Gasteiger partial charge in [0.2, 0.25) is 0 Å². The predicted octanol–water partition coefficient (Wildman–Crippen LogP) is 3.87. The van der Waals surface area contributed by atoms with Gasteiger partial charge in [-0.15, -0.1) is 24.0 Å². The van der Waals surface area contributed by atoms with E-state index in [9.17, 15) is 9.18 Å². The van der Waals surface area contributed by atoms with Crippen molar-refractivity contribution >= 4 is 45.8 Å². The van der Waals surface area contributed by atoms with E-state index < -0.39 is 11.7 Å². The van der Waals surface area contributed by atoms with Gasteiger partial charge in [0.1, 0.15) is 5.82 Å². The van der Waals surface area contributed by atoms with Gasteiger partial charge in [0, 0.05) is 14.2 Å². The third-order valence-corrected chi connectivity index (χ3v) is 4.50. The van der Waals surface area contributed by atoms with Crippen LogP contribution in [0.3, 0.4) is 0 Å². The summed E-state index contributed by atoms with van der Waals surface area (Å²) in [5.41, 5.74) is 0.00942. The van der Waals surface area contributed by atoms with Crippen LogP contribution in [0.25, 0.3) is 0 Å². The summed E-state index contributed by atoms with van der Waals surface area (Å²) in [4.78, 5) is 13.4. The van der Waals surface area contributed by atoms with E-state index in [2.05, 4.69) is 33.9 Å². The average Bonchev–Trinajstić information content (AvgIpc) is 2.75. The van der Waals surface area contributed by atoms with Crippen LogP contribution < -0.4 is 5.32 Å². The van der Waals surface area contributed by atoms with Crippen molar-refractivity contribution in [2.45, 2.75) is 11.4 Å². The second-order valence-electron chi connectivity index (χ2n) is 3.54. The Morgan fingerprint density at radius 1 is 1.44 bits per heavy atom. The van der Waals surface area contributed by atoms with E-state index in [1.807, 2.05) is 11.4 Å².